The van der Waals surface area contributed by atoms with Crippen LogP contribution in [-0.2, 0) is 124 Å². The molecule has 0 heterocycles. The summed E-state index contributed by atoms with van der Waals surface area (Å²) < 4.78 is 0. The second-order valence-corrected chi connectivity index (χ2v) is 0. The molecule has 0 aromatic carbocycles. The standard InChI is InChI=1S/2Mn.9O.2Tc/q2*+2;9*-2;2*+7. The van der Waals surface area contributed by atoms with Crippen LogP contribution in [0.15, 0.2) is 0 Å². The van der Waals surface area contributed by atoms with Crippen molar-refractivity contribution in [3.63, 3.8) is 0 Å². The minimum absolute atomic E-state index is 0. The zero-order valence-corrected chi connectivity index (χ0v) is 11.3. The molecule has 2 radical (unpaired) electrons. The Morgan fingerprint density at radius 3 is 0.231 bits per heavy atom. The van der Waals surface area contributed by atoms with E-state index in [1.54, 1.807) is 0 Å². The summed E-state index contributed by atoms with van der Waals surface area (Å²) in [6, 6.07) is 0. The predicted molar refractivity (Wildman–Crippen MR) is 6.18 cm³/mol. The van der Waals surface area contributed by atoms with Crippen molar-refractivity contribution in [3.8, 4) is 0 Å². The molecule has 82 valence electrons. The molecule has 0 bridgehead atoms. The molecule has 13 heteroatoms. The summed E-state index contributed by atoms with van der Waals surface area (Å²) in [5.74, 6) is 0. The molecule has 9 nitrogen and oxygen atoms in total. The smallest absolute Gasteiger partial charge is 2.00 e. The first kappa shape index (κ1) is 748. The van der Waals surface area contributed by atoms with Crippen LogP contribution in [0.4, 0.5) is 0 Å². The molecule has 0 unspecified atom stereocenters. The molecular formula is Mn2O9Tc2. The van der Waals surface area contributed by atoms with Gasteiger partial charge in [0.05, 0.1) is 0 Å². The Labute approximate surface area is 123 Å². The van der Waals surface area contributed by atoms with E-state index in [1.807, 2.05) is 0 Å². The van der Waals surface area contributed by atoms with Gasteiger partial charge in [0.25, 0.3) is 0 Å². The van der Waals surface area contributed by atoms with E-state index in [0.29, 0.717) is 0 Å². The topological polar surface area (TPSA) is 256 Å². The molecule has 0 fully saturated rings. The van der Waals surface area contributed by atoms with E-state index in [4.69, 9.17) is 0 Å². The maximum absolute atomic E-state index is 0. The molecule has 0 spiro atoms. The van der Waals surface area contributed by atoms with Crippen LogP contribution in [0.2, 0.25) is 0 Å². The molecule has 0 atom stereocenters. The van der Waals surface area contributed by atoms with Crippen LogP contribution in [0, 0.1) is 0 Å². The first-order valence-corrected chi connectivity index (χ1v) is 0. The summed E-state index contributed by atoms with van der Waals surface area (Å²) in [6.07, 6.45) is 0. The van der Waals surface area contributed by atoms with Crippen LogP contribution < -0.4 is 0 Å². The third kappa shape index (κ3) is 513. The SMILES string of the molecule is [Mn+2].[Mn+2].[O-2].[O-2].[O-2].[O-2].[O-2].[O-2].[O-2].[O-2].[O-2].[Tc+7].[Tc+7]. The Balaban J connectivity index is 0. The average molecular weight is 450 g/mol. The Kier molecular flexibility index (Phi) is 34600. The first-order chi connectivity index (χ1) is 0. The molecule has 0 aliphatic heterocycles. The van der Waals surface area contributed by atoms with E-state index in [1.165, 1.54) is 0 Å². The fourth-order valence-corrected chi connectivity index (χ4v) is 0. The molecule has 0 aliphatic rings. The van der Waals surface area contributed by atoms with Gasteiger partial charge in [0.1, 0.15) is 0 Å². The molecule has 0 saturated carbocycles. The van der Waals surface area contributed by atoms with Gasteiger partial charge in [-0.1, -0.05) is 0 Å². The van der Waals surface area contributed by atoms with Gasteiger partial charge in [-0.05, 0) is 0 Å². The van der Waals surface area contributed by atoms with Gasteiger partial charge in [-0.2, -0.15) is 0 Å². The minimum Gasteiger partial charge on any atom is -2.00 e. The molecule has 0 amide bonds. The minimum atomic E-state index is 0. The fraction of sp³-hybridized carbons (Fsp3) is 0. The van der Waals surface area contributed by atoms with Gasteiger partial charge in [0, 0.05) is 0 Å². The third-order valence-corrected chi connectivity index (χ3v) is 0. The zero-order valence-electron chi connectivity index (χ0n) is 5.19. The molecule has 13 heavy (non-hydrogen) atoms. The largest absolute Gasteiger partial charge is 7.00 e. The Morgan fingerprint density at radius 1 is 0.231 bits per heavy atom. The van der Waals surface area contributed by atoms with E-state index >= 15 is 0 Å². The van der Waals surface area contributed by atoms with Crippen molar-refractivity contribution >= 4 is 0 Å². The predicted octanol–water partition coefficient (Wildman–Crippen LogP) is -1.08. The van der Waals surface area contributed by atoms with Crippen molar-refractivity contribution in [3.05, 3.63) is 0 Å². The summed E-state index contributed by atoms with van der Waals surface area (Å²) in [5, 5.41) is 0. The normalized spacial score (nSPS) is 0. The summed E-state index contributed by atoms with van der Waals surface area (Å²) in [7, 11) is 0. The first-order valence-electron chi connectivity index (χ1n) is 0. The third-order valence-electron chi connectivity index (χ3n) is 0. The number of hydrogen-bond donors (Lipinski definition) is 0. The zero-order chi connectivity index (χ0) is 0. The summed E-state index contributed by atoms with van der Waals surface area (Å²) in [5.41, 5.74) is 0. The monoisotopic (exact) mass is 448 g/mol. The van der Waals surface area contributed by atoms with Crippen molar-refractivity contribution < 1.29 is 124 Å². The van der Waals surface area contributed by atoms with Crippen LogP contribution in [-0.4, -0.2) is 0 Å². The van der Waals surface area contributed by atoms with Gasteiger partial charge in [-0.3, -0.25) is 0 Å². The fourth-order valence-electron chi connectivity index (χ4n) is 0. The van der Waals surface area contributed by atoms with Crippen molar-refractivity contribution in [1.82, 2.24) is 0 Å². The Morgan fingerprint density at radius 2 is 0.231 bits per heavy atom. The van der Waals surface area contributed by atoms with Crippen molar-refractivity contribution in [2.45, 2.75) is 0 Å². The van der Waals surface area contributed by atoms with Crippen molar-refractivity contribution in [2.24, 2.45) is 0 Å². The quantitative estimate of drug-likeness (QED) is 0.399. The second-order valence-electron chi connectivity index (χ2n) is 0. The molecule has 0 saturated heterocycles. The van der Waals surface area contributed by atoms with Crippen LogP contribution in [0.5, 0.6) is 0 Å². The van der Waals surface area contributed by atoms with E-state index in [9.17, 15) is 0 Å². The Bertz CT molecular complexity index is 15.6. The van der Waals surface area contributed by atoms with Gasteiger partial charge in [-0.15, -0.1) is 0 Å². The van der Waals surface area contributed by atoms with Gasteiger partial charge in [-0.25, -0.2) is 0 Å². The molecular weight excluding hydrogens is 450 g/mol. The van der Waals surface area contributed by atoms with Gasteiger partial charge < -0.3 is 49.3 Å². The van der Waals surface area contributed by atoms with Crippen LogP contribution in [0.3, 0.4) is 0 Å². The maximum atomic E-state index is 0. The van der Waals surface area contributed by atoms with Crippen LogP contribution >= 0.6 is 0 Å². The average Bonchev–Trinajstić information content (AvgIpc) is 0. The van der Waals surface area contributed by atoms with Crippen molar-refractivity contribution in [2.75, 3.05) is 0 Å². The van der Waals surface area contributed by atoms with E-state index in [2.05, 4.69) is 0 Å². The van der Waals surface area contributed by atoms with Crippen LogP contribution in [0.1, 0.15) is 0 Å². The van der Waals surface area contributed by atoms with Gasteiger partial charge in [0.15, 0.2) is 0 Å². The van der Waals surface area contributed by atoms with Crippen LogP contribution in [0.25, 0.3) is 0 Å². The number of hydrogen-bond acceptors (Lipinski definition) is 0. The molecule has 0 aliphatic carbocycles. The van der Waals surface area contributed by atoms with Crippen molar-refractivity contribution in [1.29, 1.82) is 0 Å². The second kappa shape index (κ2) is 602. The van der Waals surface area contributed by atoms with Gasteiger partial charge in [0.2, 0.25) is 0 Å². The molecule has 0 rings (SSSR count). The Hall–Kier alpha value is 1.98. The summed E-state index contributed by atoms with van der Waals surface area (Å²) in [4.78, 5) is 0. The van der Waals surface area contributed by atoms with E-state index in [0.717, 1.165) is 0 Å². The van der Waals surface area contributed by atoms with E-state index in [-0.39, 0.29) is 124 Å². The molecule has 0 aromatic heterocycles. The van der Waals surface area contributed by atoms with Gasteiger partial charge >= 0.3 is 74.3 Å². The molecule has 0 N–H and O–H groups in total. The summed E-state index contributed by atoms with van der Waals surface area (Å²) >= 11 is 0. The number of rotatable bonds is 0. The summed E-state index contributed by atoms with van der Waals surface area (Å²) in [6.45, 7) is 0. The molecule has 0 aromatic rings. The maximum Gasteiger partial charge on any atom is 7.00 e. The van der Waals surface area contributed by atoms with E-state index < -0.39 is 0 Å².